The maximum Gasteiger partial charge on any atom is 0.159 e. The van der Waals surface area contributed by atoms with Gasteiger partial charge in [0.25, 0.3) is 0 Å². The standard InChI is InChI=1S/C14H21F2N/c1-3-7-17-10-11(4-2)8-12-5-6-13(15)14(16)9-12/h5-6,9,11,17H,3-4,7-8,10H2,1-2H3. The first-order valence-electron chi connectivity index (χ1n) is 6.32. The molecular formula is C14H21F2N. The van der Waals surface area contributed by atoms with E-state index in [1.807, 2.05) is 0 Å². The Labute approximate surface area is 102 Å². The molecule has 0 bridgehead atoms. The highest BCUT2D eigenvalue weighted by atomic mass is 19.2. The summed E-state index contributed by atoms with van der Waals surface area (Å²) in [6, 6.07) is 4.18. The molecule has 0 fully saturated rings. The molecule has 17 heavy (non-hydrogen) atoms. The Hall–Kier alpha value is -0.960. The van der Waals surface area contributed by atoms with E-state index in [0.717, 1.165) is 37.9 Å². The van der Waals surface area contributed by atoms with E-state index in [4.69, 9.17) is 0 Å². The van der Waals surface area contributed by atoms with Crippen LogP contribution >= 0.6 is 0 Å². The van der Waals surface area contributed by atoms with Crippen molar-refractivity contribution in [2.45, 2.75) is 33.1 Å². The zero-order valence-electron chi connectivity index (χ0n) is 10.6. The van der Waals surface area contributed by atoms with Crippen molar-refractivity contribution in [1.29, 1.82) is 0 Å². The van der Waals surface area contributed by atoms with Crippen LogP contribution in [-0.4, -0.2) is 13.1 Å². The van der Waals surface area contributed by atoms with E-state index in [9.17, 15) is 8.78 Å². The van der Waals surface area contributed by atoms with Crippen molar-refractivity contribution in [3.63, 3.8) is 0 Å². The van der Waals surface area contributed by atoms with Gasteiger partial charge in [0, 0.05) is 0 Å². The fraction of sp³-hybridized carbons (Fsp3) is 0.571. The summed E-state index contributed by atoms with van der Waals surface area (Å²) >= 11 is 0. The molecule has 0 aromatic heterocycles. The van der Waals surface area contributed by atoms with E-state index in [1.54, 1.807) is 6.07 Å². The Balaban J connectivity index is 2.51. The average Bonchev–Trinajstić information content (AvgIpc) is 2.32. The van der Waals surface area contributed by atoms with Crippen LogP contribution in [0.25, 0.3) is 0 Å². The zero-order chi connectivity index (χ0) is 12.7. The lowest BCUT2D eigenvalue weighted by atomic mass is 9.96. The van der Waals surface area contributed by atoms with Gasteiger partial charge in [0.2, 0.25) is 0 Å². The molecule has 0 spiro atoms. The van der Waals surface area contributed by atoms with Crippen LogP contribution in [0.1, 0.15) is 32.3 Å². The predicted molar refractivity (Wildman–Crippen MR) is 67.0 cm³/mol. The molecular weight excluding hydrogens is 220 g/mol. The molecule has 1 aromatic carbocycles. The van der Waals surface area contributed by atoms with Gasteiger partial charge in [-0.3, -0.25) is 0 Å². The summed E-state index contributed by atoms with van der Waals surface area (Å²) in [7, 11) is 0. The van der Waals surface area contributed by atoms with E-state index in [-0.39, 0.29) is 0 Å². The summed E-state index contributed by atoms with van der Waals surface area (Å²) in [5.74, 6) is -1.05. The average molecular weight is 241 g/mol. The summed E-state index contributed by atoms with van der Waals surface area (Å²) in [6.45, 7) is 6.19. The molecule has 0 heterocycles. The minimum absolute atomic E-state index is 0.478. The highest BCUT2D eigenvalue weighted by Crippen LogP contribution is 2.14. The first-order chi connectivity index (χ1) is 8.17. The number of nitrogens with one attached hydrogen (secondary N) is 1. The van der Waals surface area contributed by atoms with Gasteiger partial charge in [-0.05, 0) is 49.5 Å². The van der Waals surface area contributed by atoms with E-state index < -0.39 is 11.6 Å². The zero-order valence-corrected chi connectivity index (χ0v) is 10.6. The third-order valence-corrected chi connectivity index (χ3v) is 2.95. The molecule has 3 heteroatoms. The number of rotatable bonds is 7. The monoisotopic (exact) mass is 241 g/mol. The largest absolute Gasteiger partial charge is 0.316 e. The minimum atomic E-state index is -0.772. The molecule has 0 radical (unpaired) electrons. The number of hydrogen-bond acceptors (Lipinski definition) is 1. The van der Waals surface area contributed by atoms with Crippen molar-refractivity contribution in [2.24, 2.45) is 5.92 Å². The molecule has 1 N–H and O–H groups in total. The first kappa shape index (κ1) is 14.1. The van der Waals surface area contributed by atoms with Crippen molar-refractivity contribution in [3.05, 3.63) is 35.4 Å². The maximum atomic E-state index is 13.0. The van der Waals surface area contributed by atoms with Crippen molar-refractivity contribution in [3.8, 4) is 0 Å². The van der Waals surface area contributed by atoms with Crippen LogP contribution < -0.4 is 5.32 Å². The van der Waals surface area contributed by atoms with Crippen LogP contribution in [0, 0.1) is 17.6 Å². The van der Waals surface area contributed by atoms with Gasteiger partial charge < -0.3 is 5.32 Å². The molecule has 1 aromatic rings. The molecule has 0 aliphatic heterocycles. The lowest BCUT2D eigenvalue weighted by molar-refractivity contribution is 0.456. The second-order valence-corrected chi connectivity index (χ2v) is 4.43. The van der Waals surface area contributed by atoms with Crippen molar-refractivity contribution in [1.82, 2.24) is 5.32 Å². The van der Waals surface area contributed by atoms with E-state index >= 15 is 0 Å². The van der Waals surface area contributed by atoms with Gasteiger partial charge in [-0.2, -0.15) is 0 Å². The summed E-state index contributed by atoms with van der Waals surface area (Å²) in [5.41, 5.74) is 0.869. The van der Waals surface area contributed by atoms with E-state index in [2.05, 4.69) is 19.2 Å². The van der Waals surface area contributed by atoms with E-state index in [0.29, 0.717) is 5.92 Å². The molecule has 96 valence electrons. The number of benzene rings is 1. The summed E-state index contributed by atoms with van der Waals surface area (Å²) in [5, 5.41) is 3.36. The molecule has 0 saturated carbocycles. The van der Waals surface area contributed by atoms with Gasteiger partial charge >= 0.3 is 0 Å². The topological polar surface area (TPSA) is 12.0 Å². The fourth-order valence-corrected chi connectivity index (χ4v) is 1.84. The highest BCUT2D eigenvalue weighted by molar-refractivity contribution is 5.18. The highest BCUT2D eigenvalue weighted by Gasteiger charge is 2.09. The van der Waals surface area contributed by atoms with Crippen LogP contribution in [0.15, 0.2) is 18.2 Å². The van der Waals surface area contributed by atoms with Gasteiger partial charge in [0.1, 0.15) is 0 Å². The quantitative estimate of drug-likeness (QED) is 0.720. The summed E-state index contributed by atoms with van der Waals surface area (Å²) in [6.07, 6.45) is 2.95. The smallest absolute Gasteiger partial charge is 0.159 e. The third-order valence-electron chi connectivity index (χ3n) is 2.95. The molecule has 1 atom stereocenters. The van der Waals surface area contributed by atoms with Gasteiger partial charge in [-0.1, -0.05) is 26.3 Å². The Morgan fingerprint density at radius 3 is 2.53 bits per heavy atom. The molecule has 1 nitrogen and oxygen atoms in total. The second kappa shape index (κ2) is 7.38. The molecule has 1 unspecified atom stereocenters. The first-order valence-corrected chi connectivity index (χ1v) is 6.32. The fourth-order valence-electron chi connectivity index (χ4n) is 1.84. The summed E-state index contributed by atoms with van der Waals surface area (Å²) < 4.78 is 25.8. The second-order valence-electron chi connectivity index (χ2n) is 4.43. The SMILES string of the molecule is CCCNCC(CC)Cc1ccc(F)c(F)c1. The molecule has 0 saturated heterocycles. The molecule has 0 aliphatic carbocycles. The summed E-state index contributed by atoms with van der Waals surface area (Å²) in [4.78, 5) is 0. The minimum Gasteiger partial charge on any atom is -0.316 e. The van der Waals surface area contributed by atoms with Crippen molar-refractivity contribution in [2.75, 3.05) is 13.1 Å². The lowest BCUT2D eigenvalue weighted by Gasteiger charge is -2.15. The Morgan fingerprint density at radius 2 is 1.94 bits per heavy atom. The van der Waals surface area contributed by atoms with Crippen LogP contribution in [0.3, 0.4) is 0 Å². The Morgan fingerprint density at radius 1 is 1.18 bits per heavy atom. The van der Waals surface area contributed by atoms with Crippen LogP contribution in [0.2, 0.25) is 0 Å². The Kier molecular flexibility index (Phi) is 6.12. The predicted octanol–water partition coefficient (Wildman–Crippen LogP) is 3.53. The van der Waals surface area contributed by atoms with Gasteiger partial charge in [-0.25, -0.2) is 8.78 Å². The Bertz CT molecular complexity index is 339. The maximum absolute atomic E-state index is 13.0. The van der Waals surface area contributed by atoms with Crippen LogP contribution in [0.5, 0.6) is 0 Å². The van der Waals surface area contributed by atoms with Crippen molar-refractivity contribution >= 4 is 0 Å². The normalized spacial score (nSPS) is 12.7. The van der Waals surface area contributed by atoms with E-state index in [1.165, 1.54) is 12.1 Å². The van der Waals surface area contributed by atoms with Crippen LogP contribution in [-0.2, 0) is 6.42 Å². The van der Waals surface area contributed by atoms with Gasteiger partial charge in [0.05, 0.1) is 0 Å². The number of halogens is 2. The lowest BCUT2D eigenvalue weighted by Crippen LogP contribution is -2.24. The number of hydrogen-bond donors (Lipinski definition) is 1. The molecule has 0 aliphatic rings. The molecule has 0 amide bonds. The third kappa shape index (κ3) is 4.82. The van der Waals surface area contributed by atoms with Crippen molar-refractivity contribution < 1.29 is 8.78 Å². The molecule has 1 rings (SSSR count). The van der Waals surface area contributed by atoms with Gasteiger partial charge in [0.15, 0.2) is 11.6 Å². The van der Waals surface area contributed by atoms with Gasteiger partial charge in [-0.15, -0.1) is 0 Å². The van der Waals surface area contributed by atoms with Crippen LogP contribution in [0.4, 0.5) is 8.78 Å².